The molecule has 7 heteroatoms. The average Bonchev–Trinajstić information content (AvgIpc) is 3.08. The molecule has 0 aliphatic heterocycles. The van der Waals surface area contributed by atoms with Crippen molar-refractivity contribution in [1.82, 2.24) is 15.6 Å². The first-order valence-corrected chi connectivity index (χ1v) is 8.96. The molecule has 2 aromatic rings. The van der Waals surface area contributed by atoms with Crippen LogP contribution in [0.2, 0.25) is 0 Å². The second-order valence-corrected chi connectivity index (χ2v) is 7.17. The molecule has 0 unspecified atom stereocenters. The first-order valence-electron chi connectivity index (χ1n) is 8.96. The smallest absolute Gasteiger partial charge is 0.213 e. The second kappa shape index (κ2) is 11.3. The van der Waals surface area contributed by atoms with Gasteiger partial charge in [-0.05, 0) is 18.1 Å². The van der Waals surface area contributed by atoms with E-state index in [9.17, 15) is 0 Å². The lowest BCUT2D eigenvalue weighted by Gasteiger charge is -2.13. The highest BCUT2D eigenvalue weighted by Gasteiger charge is 2.19. The van der Waals surface area contributed by atoms with E-state index < -0.39 is 0 Å². The molecule has 0 atom stereocenters. The number of methoxy groups -OCH3 is 1. The summed E-state index contributed by atoms with van der Waals surface area (Å²) in [5.74, 6) is 2.28. The Labute approximate surface area is 179 Å². The maximum absolute atomic E-state index is 5.81. The minimum Gasteiger partial charge on any atom is -0.443 e. The lowest BCUT2D eigenvalue weighted by Crippen LogP contribution is -2.36. The number of nitrogens with one attached hydrogen (secondary N) is 2. The zero-order chi connectivity index (χ0) is 19.0. The Bertz CT molecular complexity index is 706. The van der Waals surface area contributed by atoms with Crippen LogP contribution in [0.5, 0.6) is 0 Å². The number of aromatic nitrogens is 1. The van der Waals surface area contributed by atoms with Gasteiger partial charge in [-0.3, -0.25) is 0 Å². The third-order valence-corrected chi connectivity index (χ3v) is 3.80. The molecule has 0 radical (unpaired) electrons. The minimum atomic E-state index is -0.0428. The lowest BCUT2D eigenvalue weighted by molar-refractivity contribution is 0.185. The van der Waals surface area contributed by atoms with Crippen molar-refractivity contribution in [2.75, 3.05) is 13.7 Å². The number of hydrogen-bond acceptors (Lipinski definition) is 4. The van der Waals surface area contributed by atoms with Crippen LogP contribution in [0.25, 0.3) is 0 Å². The number of halogens is 1. The van der Waals surface area contributed by atoms with Crippen molar-refractivity contribution < 1.29 is 9.15 Å². The van der Waals surface area contributed by atoms with Crippen LogP contribution in [-0.4, -0.2) is 24.6 Å². The Morgan fingerprint density at radius 1 is 1.15 bits per heavy atom. The summed E-state index contributed by atoms with van der Waals surface area (Å²) in [4.78, 5) is 8.96. The van der Waals surface area contributed by atoms with Crippen LogP contribution in [0, 0.1) is 0 Å². The van der Waals surface area contributed by atoms with Crippen LogP contribution in [0.3, 0.4) is 0 Å². The van der Waals surface area contributed by atoms with Crippen LogP contribution in [-0.2, 0) is 29.8 Å². The summed E-state index contributed by atoms with van der Waals surface area (Å²) in [7, 11) is 1.70. The predicted octanol–water partition coefficient (Wildman–Crippen LogP) is 3.99. The average molecular weight is 486 g/mol. The number of hydrogen-bond donors (Lipinski definition) is 2. The number of nitrogens with zero attached hydrogens (tertiary/aromatic N) is 2. The summed E-state index contributed by atoms with van der Waals surface area (Å²) in [5.41, 5.74) is 2.26. The molecule has 1 heterocycles. The Kier molecular flexibility index (Phi) is 9.79. The van der Waals surface area contributed by atoms with E-state index in [2.05, 4.69) is 65.6 Å². The van der Waals surface area contributed by atoms with E-state index in [1.807, 2.05) is 6.92 Å². The first kappa shape index (κ1) is 23.4. The van der Waals surface area contributed by atoms with E-state index in [1.54, 1.807) is 13.3 Å². The Morgan fingerprint density at radius 2 is 1.81 bits per heavy atom. The van der Waals surface area contributed by atoms with Crippen molar-refractivity contribution in [2.45, 2.75) is 52.8 Å². The van der Waals surface area contributed by atoms with Crippen molar-refractivity contribution in [3.8, 4) is 0 Å². The topological polar surface area (TPSA) is 71.7 Å². The van der Waals surface area contributed by atoms with Gasteiger partial charge in [-0.25, -0.2) is 9.98 Å². The maximum atomic E-state index is 5.81. The van der Waals surface area contributed by atoms with Gasteiger partial charge in [0.25, 0.3) is 0 Å². The fourth-order valence-corrected chi connectivity index (χ4v) is 2.32. The van der Waals surface area contributed by atoms with E-state index in [-0.39, 0.29) is 29.4 Å². The van der Waals surface area contributed by atoms with Crippen molar-refractivity contribution in [2.24, 2.45) is 4.99 Å². The summed E-state index contributed by atoms with van der Waals surface area (Å²) < 4.78 is 10.9. The van der Waals surface area contributed by atoms with Crippen LogP contribution < -0.4 is 10.6 Å². The normalized spacial score (nSPS) is 11.8. The molecule has 6 nitrogen and oxygen atoms in total. The standard InChI is InChI=1S/C20H30N4O2.HI/c1-6-21-19(23-11-15-7-9-16(10-8-15)14-25-5)24-13-18-22-12-17(26-18)20(2,3)4;/h7-10,12H,6,11,13-14H2,1-5H3,(H2,21,23,24);1H. The fourth-order valence-electron chi connectivity index (χ4n) is 2.32. The largest absolute Gasteiger partial charge is 0.443 e. The molecule has 2 N–H and O–H groups in total. The molecule has 150 valence electrons. The van der Waals surface area contributed by atoms with Crippen LogP contribution in [0.4, 0.5) is 0 Å². The quantitative estimate of drug-likeness (QED) is 0.352. The van der Waals surface area contributed by atoms with Crippen LogP contribution in [0.15, 0.2) is 39.9 Å². The number of aliphatic imine (C=N–C) groups is 1. The third kappa shape index (κ3) is 7.88. The van der Waals surface area contributed by atoms with E-state index in [4.69, 9.17) is 9.15 Å². The van der Waals surface area contributed by atoms with Crippen molar-refractivity contribution in [1.29, 1.82) is 0 Å². The molecule has 0 amide bonds. The van der Waals surface area contributed by atoms with Gasteiger partial charge >= 0.3 is 0 Å². The van der Waals surface area contributed by atoms with Gasteiger partial charge in [-0.2, -0.15) is 0 Å². The molecule has 0 aliphatic rings. The summed E-state index contributed by atoms with van der Waals surface area (Å²) >= 11 is 0. The minimum absolute atomic E-state index is 0. The summed E-state index contributed by atoms with van der Waals surface area (Å²) in [6.45, 7) is 10.9. The van der Waals surface area contributed by atoms with Crippen molar-refractivity contribution in [3.63, 3.8) is 0 Å². The van der Waals surface area contributed by atoms with Gasteiger partial charge in [0.2, 0.25) is 5.89 Å². The molecule has 2 rings (SSSR count). The van der Waals surface area contributed by atoms with E-state index in [0.29, 0.717) is 25.6 Å². The SMILES string of the molecule is CCNC(=NCc1ccc(COC)cc1)NCc1ncc(C(C)(C)C)o1.I. The van der Waals surface area contributed by atoms with Gasteiger partial charge in [0.1, 0.15) is 5.76 Å². The van der Waals surface area contributed by atoms with Crippen molar-refractivity contribution in [3.05, 3.63) is 53.2 Å². The molecule has 0 spiro atoms. The van der Waals surface area contributed by atoms with Gasteiger partial charge in [-0.15, -0.1) is 24.0 Å². The predicted molar refractivity (Wildman–Crippen MR) is 119 cm³/mol. The van der Waals surface area contributed by atoms with Gasteiger partial charge < -0.3 is 19.8 Å². The number of rotatable bonds is 7. The van der Waals surface area contributed by atoms with Gasteiger partial charge in [0.15, 0.2) is 5.96 Å². The van der Waals surface area contributed by atoms with Gasteiger partial charge in [-0.1, -0.05) is 45.0 Å². The van der Waals surface area contributed by atoms with Crippen molar-refractivity contribution >= 4 is 29.9 Å². The monoisotopic (exact) mass is 486 g/mol. The second-order valence-electron chi connectivity index (χ2n) is 7.17. The van der Waals surface area contributed by atoms with E-state index in [0.717, 1.165) is 29.4 Å². The molecule has 1 aromatic heterocycles. The molecule has 0 saturated carbocycles. The molecule has 1 aromatic carbocycles. The molecular formula is C20H31IN4O2. The molecule has 0 aliphatic carbocycles. The third-order valence-electron chi connectivity index (χ3n) is 3.80. The fraction of sp³-hybridized carbons (Fsp3) is 0.500. The first-order chi connectivity index (χ1) is 12.4. The highest BCUT2D eigenvalue weighted by atomic mass is 127. The van der Waals surface area contributed by atoms with E-state index >= 15 is 0 Å². The van der Waals surface area contributed by atoms with Crippen LogP contribution >= 0.6 is 24.0 Å². The zero-order valence-corrected chi connectivity index (χ0v) is 19.2. The molecular weight excluding hydrogens is 455 g/mol. The Hall–Kier alpha value is -1.61. The van der Waals surface area contributed by atoms with Crippen LogP contribution in [0.1, 0.15) is 50.5 Å². The highest BCUT2D eigenvalue weighted by molar-refractivity contribution is 14.0. The zero-order valence-electron chi connectivity index (χ0n) is 16.8. The molecule has 0 fully saturated rings. The number of benzene rings is 1. The van der Waals surface area contributed by atoms with Gasteiger partial charge in [0, 0.05) is 19.1 Å². The number of ether oxygens (including phenoxy) is 1. The molecule has 0 bridgehead atoms. The molecule has 27 heavy (non-hydrogen) atoms. The Balaban J connectivity index is 0.00000364. The maximum Gasteiger partial charge on any atom is 0.213 e. The number of guanidine groups is 1. The van der Waals surface area contributed by atoms with Gasteiger partial charge in [0.05, 0.1) is 25.9 Å². The van der Waals surface area contributed by atoms with E-state index in [1.165, 1.54) is 0 Å². The lowest BCUT2D eigenvalue weighted by atomic mass is 9.94. The number of oxazole rings is 1. The Morgan fingerprint density at radius 3 is 2.37 bits per heavy atom. The summed E-state index contributed by atoms with van der Waals surface area (Å²) in [6.07, 6.45) is 1.79. The highest BCUT2D eigenvalue weighted by Crippen LogP contribution is 2.22. The molecule has 0 saturated heterocycles. The summed E-state index contributed by atoms with van der Waals surface area (Å²) in [6, 6.07) is 8.28. The summed E-state index contributed by atoms with van der Waals surface area (Å²) in [5, 5.41) is 6.51.